The van der Waals surface area contributed by atoms with E-state index in [9.17, 15) is 22.4 Å². The normalized spacial score (nSPS) is 11.6. The molecule has 0 aliphatic carbocycles. The van der Waals surface area contributed by atoms with E-state index >= 15 is 0 Å². The zero-order valence-electron chi connectivity index (χ0n) is 16.4. The van der Waals surface area contributed by atoms with Crippen molar-refractivity contribution in [2.24, 2.45) is 0 Å². The summed E-state index contributed by atoms with van der Waals surface area (Å²) in [7, 11) is 0. The Bertz CT molecular complexity index is 1230. The molecule has 0 radical (unpaired) electrons. The van der Waals surface area contributed by atoms with Crippen LogP contribution < -0.4 is 0 Å². The summed E-state index contributed by atoms with van der Waals surface area (Å²) >= 11 is 1.47. The number of carbonyl (C=O) groups is 1. The highest BCUT2D eigenvalue weighted by molar-refractivity contribution is 7.09. The van der Waals surface area contributed by atoms with Gasteiger partial charge in [0.1, 0.15) is 5.82 Å². The van der Waals surface area contributed by atoms with Gasteiger partial charge in [-0.3, -0.25) is 4.79 Å². The Kier molecular flexibility index (Phi) is 6.13. The summed E-state index contributed by atoms with van der Waals surface area (Å²) in [6, 6.07) is 12.2. The third kappa shape index (κ3) is 5.08. The Morgan fingerprint density at radius 3 is 2.53 bits per heavy atom. The van der Waals surface area contributed by atoms with Crippen LogP contribution in [0.25, 0.3) is 22.6 Å². The van der Waals surface area contributed by atoms with Crippen molar-refractivity contribution >= 4 is 17.1 Å². The van der Waals surface area contributed by atoms with Crippen molar-refractivity contribution in [3.63, 3.8) is 0 Å². The lowest BCUT2D eigenvalue weighted by Gasteiger charge is -2.02. The number of benzene rings is 2. The van der Waals surface area contributed by atoms with Crippen LogP contribution >= 0.6 is 11.3 Å². The summed E-state index contributed by atoms with van der Waals surface area (Å²) in [5.74, 6) is -2.13. The van der Waals surface area contributed by atoms with E-state index in [-0.39, 0.29) is 29.4 Å². The highest BCUT2D eigenvalue weighted by Crippen LogP contribution is 2.29. The van der Waals surface area contributed by atoms with Crippen molar-refractivity contribution in [1.82, 2.24) is 15.1 Å². The van der Waals surface area contributed by atoms with Gasteiger partial charge in [-0.25, -0.2) is 9.37 Å². The molecule has 32 heavy (non-hydrogen) atoms. The molecule has 0 aliphatic heterocycles. The van der Waals surface area contributed by atoms with Gasteiger partial charge in [0.25, 0.3) is 0 Å². The van der Waals surface area contributed by atoms with Crippen LogP contribution in [0.3, 0.4) is 0 Å². The molecular formula is C22H15F4N3O2S. The van der Waals surface area contributed by atoms with Crippen LogP contribution in [-0.2, 0) is 12.6 Å². The summed E-state index contributed by atoms with van der Waals surface area (Å²) < 4.78 is 55.2. The SMILES string of the molecule is O=C(CCCc1nc(-c2ccc(F)cc2)cs1)c1cccc(-c2noc(C(F)(F)F)n2)c1. The first kappa shape index (κ1) is 21.8. The minimum absolute atomic E-state index is 0.151. The molecule has 4 aromatic rings. The average Bonchev–Trinajstić information content (AvgIpc) is 3.44. The number of alkyl halides is 3. The number of carbonyl (C=O) groups excluding carboxylic acids is 1. The average molecular weight is 461 g/mol. The van der Waals surface area contributed by atoms with E-state index in [1.165, 1.54) is 35.6 Å². The summed E-state index contributed by atoms with van der Waals surface area (Å²) in [6.45, 7) is 0. The van der Waals surface area contributed by atoms with Gasteiger partial charge in [0.15, 0.2) is 5.78 Å². The van der Waals surface area contributed by atoms with Crippen molar-refractivity contribution < 1.29 is 26.9 Å². The first-order chi connectivity index (χ1) is 15.3. The first-order valence-corrected chi connectivity index (χ1v) is 10.4. The molecule has 0 spiro atoms. The lowest BCUT2D eigenvalue weighted by atomic mass is 10.0. The van der Waals surface area contributed by atoms with Crippen molar-refractivity contribution in [3.8, 4) is 22.6 Å². The third-order valence-corrected chi connectivity index (χ3v) is 5.51. The number of Topliss-reactive ketones (excluding diaryl/α,β-unsaturated/α-hetero) is 1. The van der Waals surface area contributed by atoms with Crippen molar-refractivity contribution in [2.45, 2.75) is 25.4 Å². The Balaban J connectivity index is 1.36. The standard InChI is InChI=1S/C22H15F4N3O2S/c23-16-9-7-13(8-10-16)17-12-32-19(27-17)6-2-5-18(30)14-3-1-4-15(11-14)20-28-21(31-29-20)22(24,25)26/h1,3-4,7-12H,2,5-6H2. The van der Waals surface area contributed by atoms with E-state index in [1.807, 2.05) is 5.38 Å². The molecule has 4 rings (SSSR count). The molecule has 10 heteroatoms. The fourth-order valence-corrected chi connectivity index (χ4v) is 3.86. The van der Waals surface area contributed by atoms with Gasteiger partial charge in [0, 0.05) is 28.5 Å². The topological polar surface area (TPSA) is 68.9 Å². The van der Waals surface area contributed by atoms with Gasteiger partial charge in [-0.15, -0.1) is 11.3 Å². The Morgan fingerprint density at radius 2 is 1.81 bits per heavy atom. The molecule has 5 nitrogen and oxygen atoms in total. The molecule has 0 saturated heterocycles. The fourth-order valence-electron chi connectivity index (χ4n) is 3.01. The summed E-state index contributed by atoms with van der Waals surface area (Å²) in [4.78, 5) is 20.4. The molecule has 2 heterocycles. The van der Waals surface area contributed by atoms with Crippen LogP contribution in [0.1, 0.15) is 34.1 Å². The van der Waals surface area contributed by atoms with Crippen molar-refractivity contribution in [2.75, 3.05) is 0 Å². The van der Waals surface area contributed by atoms with Crippen LogP contribution in [0, 0.1) is 5.82 Å². The number of halogens is 4. The molecule has 0 saturated carbocycles. The number of thiazole rings is 1. The van der Waals surface area contributed by atoms with Crippen LogP contribution in [0.5, 0.6) is 0 Å². The van der Waals surface area contributed by atoms with E-state index in [2.05, 4.69) is 19.6 Å². The number of hydrogen-bond acceptors (Lipinski definition) is 6. The summed E-state index contributed by atoms with van der Waals surface area (Å²) in [5.41, 5.74) is 2.19. The molecule has 0 amide bonds. The Morgan fingerprint density at radius 1 is 1.03 bits per heavy atom. The van der Waals surface area contributed by atoms with Crippen LogP contribution in [0.15, 0.2) is 58.4 Å². The zero-order chi connectivity index (χ0) is 22.7. The number of aromatic nitrogens is 3. The number of ketones is 1. The van der Waals surface area contributed by atoms with Crippen molar-refractivity contribution in [1.29, 1.82) is 0 Å². The van der Waals surface area contributed by atoms with E-state index in [4.69, 9.17) is 0 Å². The largest absolute Gasteiger partial charge is 0.471 e. The lowest BCUT2D eigenvalue weighted by molar-refractivity contribution is -0.159. The lowest BCUT2D eigenvalue weighted by Crippen LogP contribution is -2.05. The van der Waals surface area contributed by atoms with E-state index in [0.717, 1.165) is 16.3 Å². The van der Waals surface area contributed by atoms with E-state index in [1.54, 1.807) is 24.3 Å². The fraction of sp³-hybridized carbons (Fsp3) is 0.182. The maximum absolute atomic E-state index is 13.1. The minimum Gasteiger partial charge on any atom is -0.329 e. The second kappa shape index (κ2) is 8.99. The molecule has 0 N–H and O–H groups in total. The van der Waals surface area contributed by atoms with Gasteiger partial charge in [-0.2, -0.15) is 18.2 Å². The van der Waals surface area contributed by atoms with Gasteiger partial charge < -0.3 is 4.52 Å². The predicted molar refractivity (Wildman–Crippen MR) is 110 cm³/mol. The second-order valence-corrected chi connectivity index (χ2v) is 7.85. The zero-order valence-corrected chi connectivity index (χ0v) is 17.2. The number of aryl methyl sites for hydroxylation is 1. The van der Waals surface area contributed by atoms with Gasteiger partial charge in [-0.1, -0.05) is 23.4 Å². The number of hydrogen-bond donors (Lipinski definition) is 0. The molecule has 164 valence electrons. The van der Waals surface area contributed by atoms with Gasteiger partial charge in [-0.05, 0) is 43.2 Å². The first-order valence-electron chi connectivity index (χ1n) is 9.54. The second-order valence-electron chi connectivity index (χ2n) is 6.91. The van der Waals surface area contributed by atoms with Crippen LogP contribution in [0.2, 0.25) is 0 Å². The highest BCUT2D eigenvalue weighted by Gasteiger charge is 2.38. The van der Waals surface area contributed by atoms with E-state index in [0.29, 0.717) is 18.4 Å². The molecule has 2 aromatic carbocycles. The van der Waals surface area contributed by atoms with Crippen LogP contribution in [-0.4, -0.2) is 20.9 Å². The molecule has 0 aliphatic rings. The molecule has 0 fully saturated rings. The monoisotopic (exact) mass is 461 g/mol. The van der Waals surface area contributed by atoms with E-state index < -0.39 is 12.1 Å². The maximum atomic E-state index is 13.1. The van der Waals surface area contributed by atoms with Gasteiger partial charge in [0.2, 0.25) is 5.82 Å². The summed E-state index contributed by atoms with van der Waals surface area (Å²) in [5, 5.41) is 6.08. The van der Waals surface area contributed by atoms with Crippen LogP contribution in [0.4, 0.5) is 17.6 Å². The molecule has 2 aromatic heterocycles. The number of rotatable bonds is 7. The highest BCUT2D eigenvalue weighted by atomic mass is 32.1. The quantitative estimate of drug-likeness (QED) is 0.241. The predicted octanol–water partition coefficient (Wildman–Crippen LogP) is 6.22. The van der Waals surface area contributed by atoms with Gasteiger partial charge >= 0.3 is 12.1 Å². The number of nitrogens with zero attached hydrogens (tertiary/aromatic N) is 3. The smallest absolute Gasteiger partial charge is 0.329 e. The molecule has 0 unspecified atom stereocenters. The summed E-state index contributed by atoms with van der Waals surface area (Å²) in [6.07, 6.45) is -3.34. The van der Waals surface area contributed by atoms with Gasteiger partial charge in [0.05, 0.1) is 10.7 Å². The third-order valence-electron chi connectivity index (χ3n) is 4.60. The minimum atomic E-state index is -4.73. The Labute approximate surface area is 183 Å². The van der Waals surface area contributed by atoms with Crippen molar-refractivity contribution in [3.05, 3.63) is 76.2 Å². The maximum Gasteiger partial charge on any atom is 0.471 e. The molecule has 0 bridgehead atoms. The molecule has 0 atom stereocenters. The molecular weight excluding hydrogens is 446 g/mol. The Hall–Kier alpha value is -3.40.